The van der Waals surface area contributed by atoms with Crippen molar-refractivity contribution in [2.24, 2.45) is 10.9 Å². The summed E-state index contributed by atoms with van der Waals surface area (Å²) < 4.78 is 5.03. The van der Waals surface area contributed by atoms with Crippen molar-refractivity contribution < 1.29 is 9.53 Å². The molecule has 1 rings (SSSR count). The van der Waals surface area contributed by atoms with E-state index in [1.807, 2.05) is 18.7 Å². The van der Waals surface area contributed by atoms with Crippen LogP contribution >= 0.6 is 24.0 Å². The lowest BCUT2D eigenvalue weighted by Gasteiger charge is -2.20. The van der Waals surface area contributed by atoms with Gasteiger partial charge in [-0.3, -0.25) is 9.79 Å². The van der Waals surface area contributed by atoms with Crippen LogP contribution in [0.15, 0.2) is 4.99 Å². The Labute approximate surface area is 151 Å². The Bertz CT molecular complexity index is 350. The average molecular weight is 426 g/mol. The lowest BCUT2D eigenvalue weighted by atomic mass is 10.2. The van der Waals surface area contributed by atoms with Gasteiger partial charge in [-0.05, 0) is 19.8 Å². The number of ether oxygens (including phenoxy) is 1. The minimum absolute atomic E-state index is 0. The van der Waals surface area contributed by atoms with Gasteiger partial charge in [0.25, 0.3) is 0 Å². The van der Waals surface area contributed by atoms with E-state index >= 15 is 0 Å². The number of carbonyl (C=O) groups is 1. The fourth-order valence-corrected chi connectivity index (χ4v) is 2.36. The van der Waals surface area contributed by atoms with Gasteiger partial charge in [-0.1, -0.05) is 13.8 Å². The summed E-state index contributed by atoms with van der Waals surface area (Å²) in [6, 6.07) is 0.285. The zero-order valence-corrected chi connectivity index (χ0v) is 16.6. The molecule has 0 aromatic heterocycles. The van der Waals surface area contributed by atoms with Crippen LogP contribution in [0.5, 0.6) is 0 Å². The van der Waals surface area contributed by atoms with E-state index in [-0.39, 0.29) is 41.8 Å². The zero-order valence-electron chi connectivity index (χ0n) is 14.2. The van der Waals surface area contributed by atoms with Crippen molar-refractivity contribution in [1.82, 2.24) is 15.5 Å². The fraction of sp³-hybridized carbons (Fsp3) is 0.867. The maximum absolute atomic E-state index is 12.0. The summed E-state index contributed by atoms with van der Waals surface area (Å²) in [6.45, 7) is 9.84. The second kappa shape index (κ2) is 11.9. The number of carbonyl (C=O) groups excluding carboxylic acids is 1. The molecule has 1 heterocycles. The Hall–Kier alpha value is -0.570. The van der Waals surface area contributed by atoms with Gasteiger partial charge < -0.3 is 20.3 Å². The minimum atomic E-state index is 0. The molecule has 1 aliphatic rings. The number of nitrogens with zero attached hydrogens (tertiary/aromatic N) is 2. The Kier molecular flexibility index (Phi) is 11.6. The van der Waals surface area contributed by atoms with E-state index in [0.29, 0.717) is 0 Å². The molecule has 1 fully saturated rings. The highest BCUT2D eigenvalue weighted by Crippen LogP contribution is 2.12. The molecule has 7 heteroatoms. The predicted octanol–water partition coefficient (Wildman–Crippen LogP) is 1.45. The lowest BCUT2D eigenvalue weighted by molar-refractivity contribution is -0.133. The van der Waals surface area contributed by atoms with Crippen molar-refractivity contribution in [2.45, 2.75) is 39.7 Å². The highest BCUT2D eigenvalue weighted by Gasteiger charge is 2.27. The topological polar surface area (TPSA) is 66.0 Å². The molecule has 130 valence electrons. The number of rotatable bonds is 7. The van der Waals surface area contributed by atoms with E-state index in [9.17, 15) is 4.79 Å². The summed E-state index contributed by atoms with van der Waals surface area (Å²) in [4.78, 5) is 18.5. The second-order valence-corrected chi connectivity index (χ2v) is 5.68. The van der Waals surface area contributed by atoms with Gasteiger partial charge in [-0.25, -0.2) is 0 Å². The van der Waals surface area contributed by atoms with Crippen LogP contribution in [0.3, 0.4) is 0 Å². The molecule has 6 nitrogen and oxygen atoms in total. The first kappa shape index (κ1) is 21.4. The third-order valence-corrected chi connectivity index (χ3v) is 3.46. The third kappa shape index (κ3) is 7.62. The number of aliphatic imine (C=N–C) groups is 1. The summed E-state index contributed by atoms with van der Waals surface area (Å²) in [5, 5.41) is 6.67. The lowest BCUT2D eigenvalue weighted by Crippen LogP contribution is -2.45. The van der Waals surface area contributed by atoms with Gasteiger partial charge in [-0.2, -0.15) is 0 Å². The molecule has 1 amide bonds. The van der Waals surface area contributed by atoms with Gasteiger partial charge in [0.1, 0.15) is 0 Å². The molecule has 22 heavy (non-hydrogen) atoms. The van der Waals surface area contributed by atoms with Crippen LogP contribution in [0.4, 0.5) is 0 Å². The smallest absolute Gasteiger partial charge is 0.225 e. The molecular formula is C15H31IN4O2. The van der Waals surface area contributed by atoms with Gasteiger partial charge in [0.15, 0.2) is 5.96 Å². The molecule has 1 unspecified atom stereocenters. The van der Waals surface area contributed by atoms with E-state index in [4.69, 9.17) is 4.74 Å². The zero-order chi connectivity index (χ0) is 15.7. The number of amides is 1. The predicted molar refractivity (Wildman–Crippen MR) is 101 cm³/mol. The van der Waals surface area contributed by atoms with E-state index in [2.05, 4.69) is 22.5 Å². The van der Waals surface area contributed by atoms with Crippen LogP contribution in [-0.2, 0) is 9.53 Å². The normalized spacial score (nSPS) is 18.3. The van der Waals surface area contributed by atoms with Gasteiger partial charge in [-0.15, -0.1) is 24.0 Å². The first-order valence-electron chi connectivity index (χ1n) is 7.91. The third-order valence-electron chi connectivity index (χ3n) is 3.46. The maximum Gasteiger partial charge on any atom is 0.225 e. The second-order valence-electron chi connectivity index (χ2n) is 5.68. The molecule has 0 aliphatic carbocycles. The standard InChI is InChI=1S/C15H30N4O2.HI/c1-5-16-15(17-8-6-10-21-4)18-13-7-9-19(11-13)14(20)12(2)3;/h12-13H,5-11H2,1-4H3,(H2,16,17,18);1H. The number of hydrogen-bond acceptors (Lipinski definition) is 3. The summed E-state index contributed by atoms with van der Waals surface area (Å²) in [5.74, 6) is 1.14. The quantitative estimate of drug-likeness (QED) is 0.280. The molecular weight excluding hydrogens is 395 g/mol. The van der Waals surface area contributed by atoms with Crippen LogP contribution in [0, 0.1) is 5.92 Å². The van der Waals surface area contributed by atoms with Crippen molar-refractivity contribution in [3.8, 4) is 0 Å². The molecule has 0 bridgehead atoms. The average Bonchev–Trinajstić information content (AvgIpc) is 2.91. The monoisotopic (exact) mass is 426 g/mol. The fourth-order valence-electron chi connectivity index (χ4n) is 2.36. The summed E-state index contributed by atoms with van der Waals surface area (Å²) in [7, 11) is 1.70. The summed E-state index contributed by atoms with van der Waals surface area (Å²) in [6.07, 6.45) is 1.89. The molecule has 0 aromatic carbocycles. The van der Waals surface area contributed by atoms with Crippen LogP contribution in [-0.4, -0.2) is 62.7 Å². The van der Waals surface area contributed by atoms with Crippen LogP contribution in [0.1, 0.15) is 33.6 Å². The Morgan fingerprint density at radius 1 is 1.45 bits per heavy atom. The van der Waals surface area contributed by atoms with Crippen molar-refractivity contribution in [3.05, 3.63) is 0 Å². The molecule has 0 aromatic rings. The van der Waals surface area contributed by atoms with E-state index in [0.717, 1.165) is 51.6 Å². The van der Waals surface area contributed by atoms with E-state index < -0.39 is 0 Å². The number of methoxy groups -OCH3 is 1. The summed E-state index contributed by atoms with van der Waals surface area (Å²) >= 11 is 0. The molecule has 2 N–H and O–H groups in total. The molecule has 1 atom stereocenters. The maximum atomic E-state index is 12.0. The molecule has 1 saturated heterocycles. The van der Waals surface area contributed by atoms with Crippen LogP contribution in [0.25, 0.3) is 0 Å². The number of hydrogen-bond donors (Lipinski definition) is 2. The van der Waals surface area contributed by atoms with Crippen LogP contribution < -0.4 is 10.6 Å². The van der Waals surface area contributed by atoms with Gasteiger partial charge in [0.05, 0.1) is 0 Å². The van der Waals surface area contributed by atoms with E-state index in [1.54, 1.807) is 7.11 Å². The first-order chi connectivity index (χ1) is 10.1. The molecule has 1 aliphatic heterocycles. The van der Waals surface area contributed by atoms with Crippen molar-refractivity contribution in [2.75, 3.05) is 39.9 Å². The van der Waals surface area contributed by atoms with Crippen molar-refractivity contribution >= 4 is 35.8 Å². The number of guanidine groups is 1. The highest BCUT2D eigenvalue weighted by atomic mass is 127. The summed E-state index contributed by atoms with van der Waals surface area (Å²) in [5.41, 5.74) is 0. The van der Waals surface area contributed by atoms with Gasteiger partial charge in [0, 0.05) is 51.9 Å². The van der Waals surface area contributed by atoms with E-state index in [1.165, 1.54) is 0 Å². The number of nitrogens with one attached hydrogen (secondary N) is 2. The SMILES string of the molecule is CCNC(=NCCCOC)NC1CCN(C(=O)C(C)C)C1.I. The number of halogens is 1. The van der Waals surface area contributed by atoms with Crippen LogP contribution in [0.2, 0.25) is 0 Å². The van der Waals surface area contributed by atoms with Crippen molar-refractivity contribution in [3.63, 3.8) is 0 Å². The minimum Gasteiger partial charge on any atom is -0.385 e. The molecule has 0 radical (unpaired) electrons. The highest BCUT2D eigenvalue weighted by molar-refractivity contribution is 14.0. The molecule has 0 saturated carbocycles. The molecule has 0 spiro atoms. The van der Waals surface area contributed by atoms with Crippen molar-refractivity contribution in [1.29, 1.82) is 0 Å². The Morgan fingerprint density at radius 2 is 2.18 bits per heavy atom. The van der Waals surface area contributed by atoms with Gasteiger partial charge >= 0.3 is 0 Å². The number of likely N-dealkylation sites (tertiary alicyclic amines) is 1. The van der Waals surface area contributed by atoms with Gasteiger partial charge in [0.2, 0.25) is 5.91 Å². The Morgan fingerprint density at radius 3 is 2.77 bits per heavy atom. The first-order valence-corrected chi connectivity index (χ1v) is 7.91. The Balaban J connectivity index is 0.00000441. The largest absolute Gasteiger partial charge is 0.385 e.